The highest BCUT2D eigenvalue weighted by Gasteiger charge is 2.17. The second-order valence-corrected chi connectivity index (χ2v) is 3.17. The first-order chi connectivity index (χ1) is 6.56. The van der Waals surface area contributed by atoms with Crippen LogP contribution in [0.5, 0.6) is 0 Å². The molecule has 5 nitrogen and oxygen atoms in total. The molecule has 0 radical (unpaired) electrons. The minimum atomic E-state index is -0.766. The van der Waals surface area contributed by atoms with Gasteiger partial charge in [-0.2, -0.15) is 10.4 Å². The Kier molecular flexibility index (Phi) is 2.87. The smallest absolute Gasteiger partial charge is 0.235 e. The molecule has 0 spiro atoms. The number of primary amides is 1. The Morgan fingerprint density at radius 2 is 2.50 bits per heavy atom. The van der Waals surface area contributed by atoms with Crippen LogP contribution in [0.1, 0.15) is 11.3 Å². The number of aryl methyl sites for hydroxylation is 1. The number of amides is 1. The summed E-state index contributed by atoms with van der Waals surface area (Å²) in [6.07, 6.45) is 1.99. The molecule has 1 aromatic rings. The van der Waals surface area contributed by atoms with E-state index in [1.165, 1.54) is 0 Å². The van der Waals surface area contributed by atoms with Gasteiger partial charge in [0.05, 0.1) is 12.3 Å². The molecule has 0 saturated heterocycles. The van der Waals surface area contributed by atoms with Crippen LogP contribution < -0.4 is 5.73 Å². The molecule has 0 aliphatic rings. The maximum atomic E-state index is 10.8. The maximum Gasteiger partial charge on any atom is 0.235 e. The van der Waals surface area contributed by atoms with Gasteiger partial charge in [-0.3, -0.25) is 9.48 Å². The van der Waals surface area contributed by atoms with E-state index in [0.29, 0.717) is 6.42 Å². The minimum absolute atomic E-state index is 0.339. The van der Waals surface area contributed by atoms with Crippen LogP contribution in [0.2, 0.25) is 0 Å². The molecular weight excluding hydrogens is 180 g/mol. The van der Waals surface area contributed by atoms with E-state index in [0.717, 1.165) is 11.3 Å². The van der Waals surface area contributed by atoms with Crippen LogP contribution in [0.25, 0.3) is 0 Å². The van der Waals surface area contributed by atoms with Crippen molar-refractivity contribution >= 4 is 5.91 Å². The third kappa shape index (κ3) is 1.91. The van der Waals surface area contributed by atoms with Gasteiger partial charge in [-0.15, -0.1) is 0 Å². The lowest BCUT2D eigenvalue weighted by Crippen LogP contribution is -2.23. The Bertz CT molecular complexity index is 388. The number of hydrogen-bond donors (Lipinski definition) is 1. The summed E-state index contributed by atoms with van der Waals surface area (Å²) in [5, 5.41) is 12.7. The van der Waals surface area contributed by atoms with Crippen LogP contribution in [-0.4, -0.2) is 15.7 Å². The van der Waals surface area contributed by atoms with Crippen LogP contribution in [0, 0.1) is 24.2 Å². The average Bonchev–Trinajstić information content (AvgIpc) is 2.44. The number of hydrogen-bond acceptors (Lipinski definition) is 3. The predicted molar refractivity (Wildman–Crippen MR) is 49.9 cm³/mol. The molecule has 0 aromatic carbocycles. The Morgan fingerprint density at radius 3 is 2.86 bits per heavy atom. The largest absolute Gasteiger partial charge is 0.369 e. The molecule has 1 heterocycles. The highest BCUT2D eigenvalue weighted by Crippen LogP contribution is 2.11. The van der Waals surface area contributed by atoms with Gasteiger partial charge in [-0.1, -0.05) is 0 Å². The van der Waals surface area contributed by atoms with Crippen molar-refractivity contribution in [3.8, 4) is 6.07 Å². The Balaban J connectivity index is 2.84. The number of nitriles is 1. The first-order valence-electron chi connectivity index (χ1n) is 4.22. The van der Waals surface area contributed by atoms with Crippen molar-refractivity contribution < 1.29 is 4.79 Å². The summed E-state index contributed by atoms with van der Waals surface area (Å²) in [5.74, 6) is -1.35. The zero-order valence-electron chi connectivity index (χ0n) is 8.19. The molecule has 0 aliphatic carbocycles. The fourth-order valence-corrected chi connectivity index (χ4v) is 1.17. The summed E-state index contributed by atoms with van der Waals surface area (Å²) < 4.78 is 1.70. The SMILES string of the molecule is Cc1c(CC(C#N)C(N)=O)cnn1C. The topological polar surface area (TPSA) is 84.7 Å². The normalized spacial score (nSPS) is 12.1. The van der Waals surface area contributed by atoms with Crippen molar-refractivity contribution in [1.82, 2.24) is 9.78 Å². The van der Waals surface area contributed by atoms with Gasteiger partial charge in [-0.25, -0.2) is 0 Å². The van der Waals surface area contributed by atoms with Crippen LogP contribution in [0.3, 0.4) is 0 Å². The third-order valence-corrected chi connectivity index (χ3v) is 2.26. The molecule has 14 heavy (non-hydrogen) atoms. The van der Waals surface area contributed by atoms with E-state index in [4.69, 9.17) is 11.0 Å². The van der Waals surface area contributed by atoms with Crippen molar-refractivity contribution in [1.29, 1.82) is 5.26 Å². The van der Waals surface area contributed by atoms with E-state index in [2.05, 4.69) is 5.10 Å². The molecule has 1 aromatic heterocycles. The molecule has 0 bridgehead atoms. The van der Waals surface area contributed by atoms with E-state index in [-0.39, 0.29) is 0 Å². The minimum Gasteiger partial charge on any atom is -0.369 e. The van der Waals surface area contributed by atoms with Gasteiger partial charge in [0.15, 0.2) is 0 Å². The van der Waals surface area contributed by atoms with Gasteiger partial charge in [0, 0.05) is 19.2 Å². The van der Waals surface area contributed by atoms with Gasteiger partial charge in [0.25, 0.3) is 0 Å². The lowest BCUT2D eigenvalue weighted by Gasteiger charge is -2.03. The van der Waals surface area contributed by atoms with Crippen molar-refractivity contribution in [3.63, 3.8) is 0 Å². The number of rotatable bonds is 3. The van der Waals surface area contributed by atoms with Crippen LogP contribution in [0.4, 0.5) is 0 Å². The van der Waals surface area contributed by atoms with E-state index < -0.39 is 11.8 Å². The summed E-state index contributed by atoms with van der Waals surface area (Å²) in [4.78, 5) is 10.8. The van der Waals surface area contributed by atoms with Crippen LogP contribution in [0.15, 0.2) is 6.20 Å². The summed E-state index contributed by atoms with van der Waals surface area (Å²) in [6, 6.07) is 1.87. The molecular formula is C9H12N4O. The second-order valence-electron chi connectivity index (χ2n) is 3.17. The predicted octanol–water partition coefficient (Wildman–Crippen LogP) is -0.104. The monoisotopic (exact) mass is 192 g/mol. The standard InChI is InChI=1S/C9H12N4O/c1-6-8(5-12-13(6)2)3-7(4-10)9(11)14/h5,7H,3H2,1-2H3,(H2,11,14). The lowest BCUT2D eigenvalue weighted by atomic mass is 10.0. The van der Waals surface area contributed by atoms with E-state index in [9.17, 15) is 4.79 Å². The first-order valence-corrected chi connectivity index (χ1v) is 4.22. The van der Waals surface area contributed by atoms with Crippen molar-refractivity contribution in [3.05, 3.63) is 17.5 Å². The van der Waals surface area contributed by atoms with Gasteiger partial charge >= 0.3 is 0 Å². The Hall–Kier alpha value is -1.83. The molecule has 0 saturated carbocycles. The molecule has 1 unspecified atom stereocenters. The van der Waals surface area contributed by atoms with E-state index >= 15 is 0 Å². The molecule has 1 rings (SSSR count). The lowest BCUT2D eigenvalue weighted by molar-refractivity contribution is -0.120. The molecule has 0 aliphatic heterocycles. The van der Waals surface area contributed by atoms with Gasteiger partial charge in [0.2, 0.25) is 5.91 Å². The average molecular weight is 192 g/mol. The summed E-state index contributed by atoms with van der Waals surface area (Å²) in [6.45, 7) is 1.89. The Morgan fingerprint density at radius 1 is 1.86 bits per heavy atom. The summed E-state index contributed by atoms with van der Waals surface area (Å²) >= 11 is 0. The van der Waals surface area contributed by atoms with Gasteiger partial charge < -0.3 is 5.73 Å². The summed E-state index contributed by atoms with van der Waals surface area (Å²) in [7, 11) is 1.81. The molecule has 0 fully saturated rings. The highest BCUT2D eigenvalue weighted by molar-refractivity contribution is 5.79. The van der Waals surface area contributed by atoms with Crippen LogP contribution in [-0.2, 0) is 18.3 Å². The zero-order valence-corrected chi connectivity index (χ0v) is 8.19. The highest BCUT2D eigenvalue weighted by atomic mass is 16.1. The third-order valence-electron chi connectivity index (χ3n) is 2.26. The second kappa shape index (κ2) is 3.92. The maximum absolute atomic E-state index is 10.8. The van der Waals surface area contributed by atoms with Crippen molar-refractivity contribution in [2.45, 2.75) is 13.3 Å². The van der Waals surface area contributed by atoms with Gasteiger partial charge in [0.1, 0.15) is 5.92 Å². The molecule has 74 valence electrons. The molecule has 1 amide bonds. The van der Waals surface area contributed by atoms with E-state index in [1.54, 1.807) is 10.9 Å². The summed E-state index contributed by atoms with van der Waals surface area (Å²) in [5.41, 5.74) is 6.90. The first kappa shape index (κ1) is 10.3. The molecule has 5 heteroatoms. The molecule has 1 atom stereocenters. The zero-order chi connectivity index (χ0) is 10.7. The fourth-order valence-electron chi connectivity index (χ4n) is 1.17. The Labute approximate surface area is 82.1 Å². The van der Waals surface area contributed by atoms with Crippen molar-refractivity contribution in [2.24, 2.45) is 18.7 Å². The quantitative estimate of drug-likeness (QED) is 0.725. The van der Waals surface area contributed by atoms with Crippen LogP contribution >= 0.6 is 0 Å². The number of carbonyl (C=O) groups is 1. The van der Waals surface area contributed by atoms with Gasteiger partial charge in [-0.05, 0) is 12.5 Å². The van der Waals surface area contributed by atoms with E-state index in [1.807, 2.05) is 20.0 Å². The number of aromatic nitrogens is 2. The molecule has 2 N–H and O–H groups in total. The fraction of sp³-hybridized carbons (Fsp3) is 0.444. The number of nitrogens with two attached hydrogens (primary N) is 1. The van der Waals surface area contributed by atoms with Crippen molar-refractivity contribution in [2.75, 3.05) is 0 Å². The number of nitrogens with zero attached hydrogens (tertiary/aromatic N) is 3. The number of carbonyl (C=O) groups excluding carboxylic acids is 1.